The highest BCUT2D eigenvalue weighted by Gasteiger charge is 2.30. The number of benzene rings is 1. The number of nitrogens with one attached hydrogen (secondary N) is 1. The van der Waals surface area contributed by atoms with Crippen molar-refractivity contribution < 1.29 is 27.4 Å². The van der Waals surface area contributed by atoms with Crippen molar-refractivity contribution in [3.63, 3.8) is 0 Å². The van der Waals surface area contributed by atoms with Crippen LogP contribution in [0.3, 0.4) is 0 Å². The maximum absolute atomic E-state index is 11.5. The molecule has 1 N–H and O–H groups in total. The van der Waals surface area contributed by atoms with Gasteiger partial charge in [-0.1, -0.05) is 36.4 Å². The first-order valence-corrected chi connectivity index (χ1v) is 9.32. The Kier molecular flexibility index (Phi) is 6.50. The number of hydrogen-bond acceptors (Lipinski definition) is 6. The molecule has 1 aromatic rings. The fourth-order valence-corrected chi connectivity index (χ4v) is 2.96. The van der Waals surface area contributed by atoms with Crippen LogP contribution in [0.2, 0.25) is 0 Å². The summed E-state index contributed by atoms with van der Waals surface area (Å²) in [4.78, 5) is 11.0. The van der Waals surface area contributed by atoms with E-state index in [-0.39, 0.29) is 6.61 Å². The normalized spacial score (nSPS) is 23.8. The zero-order valence-electron chi connectivity index (χ0n) is 13.5. The van der Waals surface area contributed by atoms with Gasteiger partial charge in [0, 0.05) is 6.92 Å². The Hall–Kier alpha value is -1.74. The van der Waals surface area contributed by atoms with Crippen molar-refractivity contribution in [2.24, 2.45) is 0 Å². The summed E-state index contributed by atoms with van der Waals surface area (Å²) in [5.41, 5.74) is 0.994. The Bertz CT molecular complexity index is 673. The van der Waals surface area contributed by atoms with Crippen molar-refractivity contribution in [1.29, 1.82) is 0 Å². The van der Waals surface area contributed by atoms with Gasteiger partial charge in [-0.05, 0) is 11.6 Å². The zero-order chi connectivity index (χ0) is 17.6. The van der Waals surface area contributed by atoms with Crippen LogP contribution in [0.1, 0.15) is 12.5 Å². The summed E-state index contributed by atoms with van der Waals surface area (Å²) in [7, 11) is -3.42. The molecule has 2 rings (SSSR count). The molecule has 24 heavy (non-hydrogen) atoms. The number of carbonyl (C=O) groups excluding carboxylic acids is 1. The molecule has 0 aromatic heterocycles. The van der Waals surface area contributed by atoms with Crippen molar-refractivity contribution in [2.45, 2.75) is 32.0 Å². The second kappa shape index (κ2) is 8.39. The predicted octanol–water partition coefficient (Wildman–Crippen LogP) is 0.965. The van der Waals surface area contributed by atoms with Gasteiger partial charge in [-0.15, -0.1) is 0 Å². The molecule has 0 spiro atoms. The van der Waals surface area contributed by atoms with Gasteiger partial charge >= 0.3 is 5.97 Å². The first-order chi connectivity index (χ1) is 11.3. The summed E-state index contributed by atoms with van der Waals surface area (Å²) < 4.78 is 41.6. The topological polar surface area (TPSA) is 90.9 Å². The third kappa shape index (κ3) is 6.40. The quantitative estimate of drug-likeness (QED) is 0.579. The monoisotopic (exact) mass is 355 g/mol. The number of esters is 1. The Morgan fingerprint density at radius 3 is 2.58 bits per heavy atom. The third-order valence-corrected chi connectivity index (χ3v) is 3.91. The molecule has 0 aliphatic carbocycles. The standard InChI is InChI=1S/C16H21NO6S/c1-12(18)22-16-9-8-14(17-24(2,19)20)15(23-16)11-21-10-13-6-4-3-5-7-13/h3-9,14-17H,10-11H2,1-2H3/t14-,15-,16-/m1/s1. The summed E-state index contributed by atoms with van der Waals surface area (Å²) >= 11 is 0. The Morgan fingerprint density at radius 1 is 1.25 bits per heavy atom. The van der Waals surface area contributed by atoms with E-state index in [1.54, 1.807) is 6.08 Å². The molecule has 0 unspecified atom stereocenters. The fraction of sp³-hybridized carbons (Fsp3) is 0.438. The summed E-state index contributed by atoms with van der Waals surface area (Å²) in [6.45, 7) is 1.79. The molecule has 0 radical (unpaired) electrons. The Balaban J connectivity index is 1.98. The molecular weight excluding hydrogens is 334 g/mol. The number of rotatable bonds is 7. The van der Waals surface area contributed by atoms with Crippen molar-refractivity contribution in [2.75, 3.05) is 12.9 Å². The fourth-order valence-electron chi connectivity index (χ4n) is 2.24. The van der Waals surface area contributed by atoms with E-state index in [2.05, 4.69) is 4.72 Å². The lowest BCUT2D eigenvalue weighted by molar-refractivity contribution is -0.184. The maximum Gasteiger partial charge on any atom is 0.305 e. The smallest absolute Gasteiger partial charge is 0.305 e. The van der Waals surface area contributed by atoms with Gasteiger partial charge in [0.05, 0.1) is 25.5 Å². The van der Waals surface area contributed by atoms with E-state index in [4.69, 9.17) is 14.2 Å². The van der Waals surface area contributed by atoms with E-state index in [1.165, 1.54) is 13.0 Å². The van der Waals surface area contributed by atoms with E-state index >= 15 is 0 Å². The van der Waals surface area contributed by atoms with Gasteiger partial charge in [0.15, 0.2) is 0 Å². The Morgan fingerprint density at radius 2 is 1.96 bits per heavy atom. The lowest BCUT2D eigenvalue weighted by atomic mass is 10.1. The molecule has 0 saturated carbocycles. The number of sulfonamides is 1. The lowest BCUT2D eigenvalue weighted by Crippen LogP contribution is -2.49. The average Bonchev–Trinajstić information content (AvgIpc) is 2.49. The van der Waals surface area contributed by atoms with Gasteiger partial charge < -0.3 is 14.2 Å². The third-order valence-electron chi connectivity index (χ3n) is 3.21. The molecule has 1 heterocycles. The molecule has 7 nitrogen and oxygen atoms in total. The van der Waals surface area contributed by atoms with Gasteiger partial charge in [-0.2, -0.15) is 0 Å². The highest BCUT2D eigenvalue weighted by atomic mass is 32.2. The molecule has 0 fully saturated rings. The summed E-state index contributed by atoms with van der Waals surface area (Å²) in [6.07, 6.45) is 2.70. The van der Waals surface area contributed by atoms with E-state index in [9.17, 15) is 13.2 Å². The number of ether oxygens (including phenoxy) is 3. The van der Waals surface area contributed by atoms with Crippen LogP contribution in [0.15, 0.2) is 42.5 Å². The van der Waals surface area contributed by atoms with Crippen LogP contribution in [0.4, 0.5) is 0 Å². The number of hydrogen-bond donors (Lipinski definition) is 1. The molecule has 1 aromatic carbocycles. The van der Waals surface area contributed by atoms with Gasteiger partial charge in [-0.25, -0.2) is 13.1 Å². The molecule has 1 aliphatic rings. The molecule has 0 amide bonds. The summed E-state index contributed by atoms with van der Waals surface area (Å²) in [5.74, 6) is -0.483. The van der Waals surface area contributed by atoms with E-state index in [0.717, 1.165) is 11.8 Å². The van der Waals surface area contributed by atoms with Crippen LogP contribution in [0, 0.1) is 0 Å². The van der Waals surface area contributed by atoms with Crippen LogP contribution in [0.5, 0.6) is 0 Å². The molecule has 0 saturated heterocycles. The largest absolute Gasteiger partial charge is 0.432 e. The molecule has 8 heteroatoms. The van der Waals surface area contributed by atoms with E-state index in [1.807, 2.05) is 30.3 Å². The average molecular weight is 355 g/mol. The summed E-state index contributed by atoms with van der Waals surface area (Å²) in [6, 6.07) is 8.98. The number of carbonyl (C=O) groups is 1. The van der Waals surface area contributed by atoms with Crippen LogP contribution in [-0.4, -0.2) is 45.7 Å². The summed E-state index contributed by atoms with van der Waals surface area (Å²) in [5, 5.41) is 0. The minimum Gasteiger partial charge on any atom is -0.432 e. The van der Waals surface area contributed by atoms with Crippen LogP contribution >= 0.6 is 0 Å². The minimum atomic E-state index is -3.42. The van der Waals surface area contributed by atoms with Gasteiger partial charge in [0.2, 0.25) is 16.3 Å². The first kappa shape index (κ1) is 18.6. The predicted molar refractivity (Wildman–Crippen MR) is 87.4 cm³/mol. The molecular formula is C16H21NO6S. The molecule has 1 aliphatic heterocycles. The van der Waals surface area contributed by atoms with Crippen molar-refractivity contribution in [3.05, 3.63) is 48.0 Å². The second-order valence-electron chi connectivity index (χ2n) is 5.45. The van der Waals surface area contributed by atoms with Crippen LogP contribution < -0.4 is 4.72 Å². The SMILES string of the molecule is CC(=O)O[C@H]1C=C[C@@H](NS(C)(=O)=O)[C@@H](COCc2ccccc2)O1. The highest BCUT2D eigenvalue weighted by molar-refractivity contribution is 7.88. The van der Waals surface area contributed by atoms with Crippen molar-refractivity contribution in [3.8, 4) is 0 Å². The van der Waals surface area contributed by atoms with E-state index < -0.39 is 34.4 Å². The van der Waals surface area contributed by atoms with Gasteiger partial charge in [-0.3, -0.25) is 4.79 Å². The lowest BCUT2D eigenvalue weighted by Gasteiger charge is -2.31. The van der Waals surface area contributed by atoms with Gasteiger partial charge in [0.25, 0.3) is 0 Å². The van der Waals surface area contributed by atoms with Crippen molar-refractivity contribution in [1.82, 2.24) is 4.72 Å². The second-order valence-corrected chi connectivity index (χ2v) is 7.23. The first-order valence-electron chi connectivity index (χ1n) is 7.43. The minimum absolute atomic E-state index is 0.143. The van der Waals surface area contributed by atoms with Gasteiger partial charge in [0.1, 0.15) is 6.10 Å². The highest BCUT2D eigenvalue weighted by Crippen LogP contribution is 2.16. The Labute approximate surface area is 141 Å². The molecule has 0 bridgehead atoms. The van der Waals surface area contributed by atoms with Crippen LogP contribution in [-0.2, 0) is 35.6 Å². The van der Waals surface area contributed by atoms with E-state index in [0.29, 0.717) is 6.61 Å². The molecule has 3 atom stereocenters. The maximum atomic E-state index is 11.5. The van der Waals surface area contributed by atoms with Crippen molar-refractivity contribution >= 4 is 16.0 Å². The molecule has 132 valence electrons. The zero-order valence-corrected chi connectivity index (χ0v) is 14.4. The van der Waals surface area contributed by atoms with Crippen LogP contribution in [0.25, 0.3) is 0 Å².